The standard InChI is InChI=1S/C12H28N4O2S/c1-11(10-15(2)3)14-19(17,18)16(4)9-5-8-13-12-6-7-12/h11-14H,5-10H2,1-4H3. The van der Waals surface area contributed by atoms with Crippen molar-refractivity contribution < 1.29 is 8.42 Å². The summed E-state index contributed by atoms with van der Waals surface area (Å²) in [5, 5.41) is 3.38. The molecule has 7 heteroatoms. The van der Waals surface area contributed by atoms with Gasteiger partial charge in [0.25, 0.3) is 10.2 Å². The van der Waals surface area contributed by atoms with Crippen LogP contribution < -0.4 is 10.0 Å². The molecule has 1 saturated carbocycles. The molecule has 1 unspecified atom stereocenters. The van der Waals surface area contributed by atoms with E-state index in [-0.39, 0.29) is 6.04 Å². The summed E-state index contributed by atoms with van der Waals surface area (Å²) in [4.78, 5) is 1.97. The summed E-state index contributed by atoms with van der Waals surface area (Å²) in [5.74, 6) is 0. The lowest BCUT2D eigenvalue weighted by Crippen LogP contribution is -2.46. The fourth-order valence-electron chi connectivity index (χ4n) is 1.94. The zero-order chi connectivity index (χ0) is 14.5. The summed E-state index contributed by atoms with van der Waals surface area (Å²) in [6.07, 6.45) is 3.37. The van der Waals surface area contributed by atoms with Gasteiger partial charge in [0.05, 0.1) is 0 Å². The van der Waals surface area contributed by atoms with Crippen molar-refractivity contribution in [2.45, 2.75) is 38.3 Å². The molecule has 0 radical (unpaired) electrons. The monoisotopic (exact) mass is 292 g/mol. The van der Waals surface area contributed by atoms with E-state index in [0.29, 0.717) is 19.1 Å². The van der Waals surface area contributed by atoms with Crippen molar-refractivity contribution in [1.82, 2.24) is 19.2 Å². The highest BCUT2D eigenvalue weighted by molar-refractivity contribution is 7.87. The molecule has 19 heavy (non-hydrogen) atoms. The number of hydrogen-bond acceptors (Lipinski definition) is 4. The van der Waals surface area contributed by atoms with Crippen LogP contribution in [-0.4, -0.2) is 70.5 Å². The Morgan fingerprint density at radius 3 is 2.42 bits per heavy atom. The molecule has 0 saturated heterocycles. The van der Waals surface area contributed by atoms with E-state index in [1.54, 1.807) is 7.05 Å². The predicted octanol–water partition coefficient (Wildman–Crippen LogP) is -0.155. The Bertz CT molecular complexity index is 355. The largest absolute Gasteiger partial charge is 0.314 e. The van der Waals surface area contributed by atoms with E-state index >= 15 is 0 Å². The number of nitrogens with zero attached hydrogens (tertiary/aromatic N) is 2. The minimum atomic E-state index is -3.36. The maximum atomic E-state index is 12.0. The molecular weight excluding hydrogens is 264 g/mol. The van der Waals surface area contributed by atoms with Gasteiger partial charge in [-0.05, 0) is 46.8 Å². The maximum absolute atomic E-state index is 12.0. The van der Waals surface area contributed by atoms with Gasteiger partial charge < -0.3 is 10.2 Å². The summed E-state index contributed by atoms with van der Waals surface area (Å²) in [6, 6.07) is 0.590. The quantitative estimate of drug-likeness (QED) is 0.550. The van der Waals surface area contributed by atoms with Gasteiger partial charge >= 0.3 is 0 Å². The van der Waals surface area contributed by atoms with Gasteiger partial charge in [0.1, 0.15) is 0 Å². The third-order valence-corrected chi connectivity index (χ3v) is 4.76. The Balaban J connectivity index is 2.24. The molecule has 0 aliphatic heterocycles. The van der Waals surface area contributed by atoms with Crippen LogP contribution in [0.2, 0.25) is 0 Å². The van der Waals surface area contributed by atoms with E-state index < -0.39 is 10.2 Å². The molecule has 0 heterocycles. The van der Waals surface area contributed by atoms with Crippen molar-refractivity contribution in [1.29, 1.82) is 0 Å². The Labute approximate surface area is 117 Å². The van der Waals surface area contributed by atoms with Crippen molar-refractivity contribution in [2.75, 3.05) is 40.8 Å². The van der Waals surface area contributed by atoms with Crippen LogP contribution in [0.5, 0.6) is 0 Å². The Morgan fingerprint density at radius 2 is 1.89 bits per heavy atom. The first-order valence-corrected chi connectivity index (χ1v) is 8.37. The lowest BCUT2D eigenvalue weighted by molar-refractivity contribution is 0.362. The van der Waals surface area contributed by atoms with Gasteiger partial charge in [-0.3, -0.25) is 0 Å². The van der Waals surface area contributed by atoms with E-state index in [1.165, 1.54) is 17.1 Å². The smallest absolute Gasteiger partial charge is 0.279 e. The second kappa shape index (κ2) is 7.54. The second-order valence-electron chi connectivity index (χ2n) is 5.69. The van der Waals surface area contributed by atoms with Crippen LogP contribution in [0.3, 0.4) is 0 Å². The molecule has 0 bridgehead atoms. The Hall–Kier alpha value is -0.210. The van der Waals surface area contributed by atoms with E-state index in [9.17, 15) is 8.42 Å². The highest BCUT2D eigenvalue weighted by Gasteiger charge is 2.22. The average molecular weight is 292 g/mol. The molecule has 0 aromatic rings. The first kappa shape index (κ1) is 16.8. The fraction of sp³-hybridized carbons (Fsp3) is 1.00. The normalized spacial score (nSPS) is 18.2. The van der Waals surface area contributed by atoms with Crippen molar-refractivity contribution in [3.05, 3.63) is 0 Å². The Kier molecular flexibility index (Phi) is 6.68. The topological polar surface area (TPSA) is 64.7 Å². The fourth-order valence-corrected chi connectivity index (χ4v) is 3.08. The number of likely N-dealkylation sites (N-methyl/N-ethyl adjacent to an activating group) is 1. The van der Waals surface area contributed by atoms with Gasteiger partial charge in [0.2, 0.25) is 0 Å². The van der Waals surface area contributed by atoms with Gasteiger partial charge in [-0.2, -0.15) is 17.4 Å². The minimum Gasteiger partial charge on any atom is -0.314 e. The molecule has 1 atom stereocenters. The van der Waals surface area contributed by atoms with Crippen molar-refractivity contribution >= 4 is 10.2 Å². The van der Waals surface area contributed by atoms with Gasteiger partial charge in [-0.25, -0.2) is 0 Å². The third kappa shape index (κ3) is 7.22. The van der Waals surface area contributed by atoms with E-state index in [0.717, 1.165) is 13.0 Å². The van der Waals surface area contributed by atoms with Crippen molar-refractivity contribution in [3.8, 4) is 0 Å². The van der Waals surface area contributed by atoms with Crippen LogP contribution in [0.25, 0.3) is 0 Å². The summed E-state index contributed by atoms with van der Waals surface area (Å²) in [7, 11) is 2.12. The lowest BCUT2D eigenvalue weighted by atomic mass is 10.3. The van der Waals surface area contributed by atoms with Crippen LogP contribution >= 0.6 is 0 Å². The number of hydrogen-bond donors (Lipinski definition) is 2. The molecule has 1 aliphatic carbocycles. The summed E-state index contributed by atoms with van der Waals surface area (Å²) in [5.41, 5.74) is 0. The molecular formula is C12H28N4O2S. The first-order chi connectivity index (χ1) is 8.81. The number of nitrogens with one attached hydrogen (secondary N) is 2. The second-order valence-corrected chi connectivity index (χ2v) is 7.50. The van der Waals surface area contributed by atoms with Gasteiger partial charge in [-0.1, -0.05) is 0 Å². The Morgan fingerprint density at radius 1 is 1.26 bits per heavy atom. The van der Waals surface area contributed by atoms with Gasteiger partial charge in [0, 0.05) is 32.2 Å². The summed E-state index contributed by atoms with van der Waals surface area (Å²) < 4.78 is 28.2. The van der Waals surface area contributed by atoms with Crippen LogP contribution in [0.4, 0.5) is 0 Å². The molecule has 2 N–H and O–H groups in total. The molecule has 0 amide bonds. The van der Waals surface area contributed by atoms with E-state index in [4.69, 9.17) is 0 Å². The molecule has 0 aromatic heterocycles. The van der Waals surface area contributed by atoms with Crippen LogP contribution in [0, 0.1) is 0 Å². The molecule has 0 aromatic carbocycles. The van der Waals surface area contributed by atoms with E-state index in [1.807, 2.05) is 25.9 Å². The van der Waals surface area contributed by atoms with Crippen molar-refractivity contribution in [3.63, 3.8) is 0 Å². The summed E-state index contributed by atoms with van der Waals surface area (Å²) >= 11 is 0. The molecule has 114 valence electrons. The summed E-state index contributed by atoms with van der Waals surface area (Å²) in [6.45, 7) is 4.00. The van der Waals surface area contributed by atoms with Crippen LogP contribution in [0.1, 0.15) is 26.2 Å². The SMILES string of the molecule is CC(CN(C)C)NS(=O)(=O)N(C)CCCNC1CC1. The predicted molar refractivity (Wildman–Crippen MR) is 78.3 cm³/mol. The maximum Gasteiger partial charge on any atom is 0.279 e. The molecule has 6 nitrogen and oxygen atoms in total. The van der Waals surface area contributed by atoms with Crippen LogP contribution in [0.15, 0.2) is 0 Å². The molecule has 1 fully saturated rings. The van der Waals surface area contributed by atoms with Crippen molar-refractivity contribution in [2.24, 2.45) is 0 Å². The third-order valence-electron chi connectivity index (χ3n) is 3.06. The zero-order valence-electron chi connectivity index (χ0n) is 12.5. The lowest BCUT2D eigenvalue weighted by Gasteiger charge is -2.23. The molecule has 1 rings (SSSR count). The highest BCUT2D eigenvalue weighted by Crippen LogP contribution is 2.18. The first-order valence-electron chi connectivity index (χ1n) is 6.93. The minimum absolute atomic E-state index is 0.0907. The average Bonchev–Trinajstić information content (AvgIpc) is 3.05. The van der Waals surface area contributed by atoms with Gasteiger partial charge in [0.15, 0.2) is 0 Å². The highest BCUT2D eigenvalue weighted by atomic mass is 32.2. The zero-order valence-corrected chi connectivity index (χ0v) is 13.3. The molecule has 1 aliphatic rings. The van der Waals surface area contributed by atoms with E-state index in [2.05, 4.69) is 10.0 Å². The van der Waals surface area contributed by atoms with Crippen LogP contribution in [-0.2, 0) is 10.2 Å². The molecule has 0 spiro atoms. The number of rotatable bonds is 10. The van der Waals surface area contributed by atoms with Gasteiger partial charge in [-0.15, -0.1) is 0 Å².